The Morgan fingerprint density at radius 2 is 1.69 bits per heavy atom. The summed E-state index contributed by atoms with van der Waals surface area (Å²) < 4.78 is 22.0. The van der Waals surface area contributed by atoms with Gasteiger partial charge in [0, 0.05) is 5.56 Å². The van der Waals surface area contributed by atoms with Crippen LogP contribution >= 0.6 is 0 Å². The van der Waals surface area contributed by atoms with Crippen LogP contribution in [0.4, 0.5) is 0 Å². The first-order valence-corrected chi connectivity index (χ1v) is 9.62. The minimum atomic E-state index is -1.90. The van der Waals surface area contributed by atoms with Crippen LogP contribution in [-0.2, 0) is 9.53 Å². The van der Waals surface area contributed by atoms with Gasteiger partial charge in [0.15, 0.2) is 11.9 Å². The molecule has 0 spiro atoms. The van der Waals surface area contributed by atoms with Crippen molar-refractivity contribution in [3.8, 4) is 22.8 Å². The lowest BCUT2D eigenvalue weighted by Gasteiger charge is -2.38. The average Bonchev–Trinajstić information content (AvgIpc) is 2.80. The molecular formula is C22H20O10. The van der Waals surface area contributed by atoms with Crippen LogP contribution in [-0.4, -0.2) is 64.2 Å². The molecule has 4 rings (SSSR count). The quantitative estimate of drug-likeness (QED) is 0.443. The summed E-state index contributed by atoms with van der Waals surface area (Å²) in [7, 11) is 1.38. The van der Waals surface area contributed by atoms with Crippen LogP contribution in [0.1, 0.15) is 0 Å². The third-order valence-corrected chi connectivity index (χ3v) is 5.14. The van der Waals surface area contributed by atoms with Gasteiger partial charge in [0.1, 0.15) is 35.0 Å². The minimum Gasteiger partial charge on any atom is -0.496 e. The second-order valence-electron chi connectivity index (χ2n) is 7.14. The lowest BCUT2D eigenvalue weighted by Crippen LogP contribution is -2.61. The predicted molar refractivity (Wildman–Crippen MR) is 109 cm³/mol. The van der Waals surface area contributed by atoms with Crippen molar-refractivity contribution in [3.63, 3.8) is 0 Å². The number of fused-ring (bicyclic) bond motifs is 1. The normalized spacial score (nSPS) is 25.4. The maximum Gasteiger partial charge on any atom is 0.335 e. The number of aliphatic hydroxyl groups is 3. The van der Waals surface area contributed by atoms with Crippen LogP contribution in [0, 0.1) is 0 Å². The van der Waals surface area contributed by atoms with Crippen molar-refractivity contribution in [1.29, 1.82) is 0 Å². The van der Waals surface area contributed by atoms with Gasteiger partial charge in [-0.15, -0.1) is 0 Å². The Balaban J connectivity index is 1.88. The summed E-state index contributed by atoms with van der Waals surface area (Å²) in [5.41, 5.74) is 0.0142. The van der Waals surface area contributed by atoms with E-state index < -0.39 is 42.1 Å². The highest BCUT2D eigenvalue weighted by molar-refractivity contribution is 5.87. The molecule has 2 heterocycles. The molecular weight excluding hydrogens is 424 g/mol. The fourth-order valence-corrected chi connectivity index (χ4v) is 3.52. The highest BCUT2D eigenvalue weighted by Gasteiger charge is 2.48. The maximum absolute atomic E-state index is 13.4. The summed E-state index contributed by atoms with van der Waals surface area (Å²) in [5, 5.41) is 39.6. The van der Waals surface area contributed by atoms with E-state index in [1.165, 1.54) is 7.11 Å². The van der Waals surface area contributed by atoms with Crippen LogP contribution in [0.25, 0.3) is 22.3 Å². The molecule has 10 heteroatoms. The summed E-state index contributed by atoms with van der Waals surface area (Å²) >= 11 is 0. The molecule has 0 amide bonds. The number of rotatable bonds is 5. The standard InChI is InChI=1S/C22H20O10/c1-29-11-8-5-9-12-13(11)14(23)19(18(30-12)10-6-3-2-4-7-10)31-22-17(26)15(24)16(25)20(32-22)21(27)28/h2-9,15-17,20,22,24-26H,1H3,(H,27,28)/t15-,16-,17+,20-,22?/m0/s1. The molecule has 2 aromatic carbocycles. The zero-order chi connectivity index (χ0) is 23.0. The van der Waals surface area contributed by atoms with Gasteiger partial charge in [-0.05, 0) is 12.1 Å². The fourth-order valence-electron chi connectivity index (χ4n) is 3.52. The Labute approximate surface area is 180 Å². The number of hydrogen-bond acceptors (Lipinski definition) is 9. The number of ether oxygens (including phenoxy) is 3. The van der Waals surface area contributed by atoms with Crippen LogP contribution in [0.15, 0.2) is 57.7 Å². The number of carbonyl (C=O) groups is 1. The number of benzene rings is 2. The largest absolute Gasteiger partial charge is 0.496 e. The second kappa shape index (κ2) is 8.60. The van der Waals surface area contributed by atoms with Gasteiger partial charge in [0.25, 0.3) is 0 Å². The van der Waals surface area contributed by atoms with Gasteiger partial charge in [-0.3, -0.25) is 4.79 Å². The molecule has 1 aromatic heterocycles. The van der Waals surface area contributed by atoms with Gasteiger partial charge in [-0.2, -0.15) is 0 Å². The fraction of sp³-hybridized carbons (Fsp3) is 0.273. The van der Waals surface area contributed by atoms with E-state index in [1.807, 2.05) is 0 Å². The Kier molecular flexibility index (Phi) is 5.85. The Hall–Kier alpha value is -3.44. The van der Waals surface area contributed by atoms with Crippen molar-refractivity contribution in [2.75, 3.05) is 7.11 Å². The van der Waals surface area contributed by atoms with E-state index in [0.29, 0.717) is 5.56 Å². The van der Waals surface area contributed by atoms with Crippen LogP contribution < -0.4 is 14.9 Å². The van der Waals surface area contributed by atoms with Crippen molar-refractivity contribution >= 4 is 16.9 Å². The monoisotopic (exact) mass is 444 g/mol. The van der Waals surface area contributed by atoms with E-state index in [9.17, 15) is 30.0 Å². The molecule has 1 unspecified atom stereocenters. The molecule has 4 N–H and O–H groups in total. The molecule has 0 saturated carbocycles. The van der Waals surface area contributed by atoms with E-state index >= 15 is 0 Å². The molecule has 1 saturated heterocycles. The number of methoxy groups -OCH3 is 1. The third kappa shape index (κ3) is 3.69. The first-order chi connectivity index (χ1) is 15.3. The van der Waals surface area contributed by atoms with Crippen LogP contribution in [0.5, 0.6) is 11.5 Å². The predicted octanol–water partition coefficient (Wildman–Crippen LogP) is 0.740. The first kappa shape index (κ1) is 21.8. The average molecular weight is 444 g/mol. The molecule has 3 aromatic rings. The maximum atomic E-state index is 13.4. The van der Waals surface area contributed by atoms with Crippen molar-refractivity contribution in [1.82, 2.24) is 0 Å². The number of carboxylic acids is 1. The van der Waals surface area contributed by atoms with E-state index in [1.54, 1.807) is 48.5 Å². The second-order valence-corrected chi connectivity index (χ2v) is 7.14. The highest BCUT2D eigenvalue weighted by Crippen LogP contribution is 2.35. The van der Waals surface area contributed by atoms with Gasteiger partial charge >= 0.3 is 5.97 Å². The van der Waals surface area contributed by atoms with E-state index in [2.05, 4.69) is 0 Å². The van der Waals surface area contributed by atoms with Crippen molar-refractivity contribution in [2.24, 2.45) is 0 Å². The first-order valence-electron chi connectivity index (χ1n) is 9.62. The minimum absolute atomic E-state index is 0.000334. The molecule has 5 atom stereocenters. The van der Waals surface area contributed by atoms with Gasteiger partial charge in [-0.1, -0.05) is 36.4 Å². The van der Waals surface area contributed by atoms with Crippen molar-refractivity contribution in [2.45, 2.75) is 30.7 Å². The van der Waals surface area contributed by atoms with Crippen LogP contribution in [0.2, 0.25) is 0 Å². The smallest absolute Gasteiger partial charge is 0.335 e. The number of aliphatic carboxylic acids is 1. The topological polar surface area (TPSA) is 156 Å². The molecule has 1 aliphatic rings. The SMILES string of the molecule is COc1cccc2oc(-c3ccccc3)c(OC3O[C@H](C(=O)O)[C@@H](O)[C@H](O)[C@H]3O)c(=O)c12. The Bertz CT molecular complexity index is 1190. The van der Waals surface area contributed by atoms with Gasteiger partial charge < -0.3 is 39.1 Å². The van der Waals surface area contributed by atoms with Gasteiger partial charge in [-0.25, -0.2) is 4.79 Å². The van der Waals surface area contributed by atoms with Crippen molar-refractivity contribution < 1.29 is 43.8 Å². The zero-order valence-corrected chi connectivity index (χ0v) is 16.7. The lowest BCUT2D eigenvalue weighted by atomic mass is 9.99. The summed E-state index contributed by atoms with van der Waals surface area (Å²) in [5.74, 6) is -1.75. The van der Waals surface area contributed by atoms with E-state index in [-0.39, 0.29) is 28.2 Å². The highest BCUT2D eigenvalue weighted by atomic mass is 16.7. The molecule has 1 fully saturated rings. The molecule has 168 valence electrons. The summed E-state index contributed by atoms with van der Waals surface area (Å²) in [6.07, 6.45) is -9.31. The Morgan fingerprint density at radius 1 is 0.969 bits per heavy atom. The third-order valence-electron chi connectivity index (χ3n) is 5.14. The van der Waals surface area contributed by atoms with Crippen molar-refractivity contribution in [3.05, 3.63) is 58.8 Å². The molecule has 0 bridgehead atoms. The number of hydrogen-bond donors (Lipinski definition) is 4. The van der Waals surface area contributed by atoms with Crippen LogP contribution in [0.3, 0.4) is 0 Å². The number of aliphatic hydroxyl groups excluding tert-OH is 3. The Morgan fingerprint density at radius 3 is 2.34 bits per heavy atom. The summed E-state index contributed by atoms with van der Waals surface area (Å²) in [6.45, 7) is 0. The number of carboxylic acid groups (broad SMARTS) is 1. The molecule has 0 aliphatic carbocycles. The zero-order valence-electron chi connectivity index (χ0n) is 16.7. The molecule has 10 nitrogen and oxygen atoms in total. The summed E-state index contributed by atoms with van der Waals surface area (Å²) in [6, 6.07) is 13.3. The lowest BCUT2D eigenvalue weighted by molar-refractivity contribution is -0.271. The van der Waals surface area contributed by atoms with E-state index in [0.717, 1.165) is 0 Å². The van der Waals surface area contributed by atoms with E-state index in [4.69, 9.17) is 18.6 Å². The molecule has 0 radical (unpaired) electrons. The molecule has 1 aliphatic heterocycles. The van der Waals surface area contributed by atoms with Gasteiger partial charge in [0.05, 0.1) is 7.11 Å². The van der Waals surface area contributed by atoms with Gasteiger partial charge in [0.2, 0.25) is 17.5 Å². The molecule has 32 heavy (non-hydrogen) atoms. The summed E-state index contributed by atoms with van der Waals surface area (Å²) in [4.78, 5) is 24.8.